The van der Waals surface area contributed by atoms with Gasteiger partial charge in [0.25, 0.3) is 0 Å². The van der Waals surface area contributed by atoms with Gasteiger partial charge in [-0.05, 0) is 51.9 Å². The fourth-order valence-corrected chi connectivity index (χ4v) is 2.02. The molecular weight excluding hydrogens is 196 g/mol. The SMILES string of the molecule is C=CCCCC(CCN(CC)CC)NCC. The Labute approximate surface area is 102 Å². The molecule has 0 saturated heterocycles. The first-order valence-electron chi connectivity index (χ1n) is 6.85. The highest BCUT2D eigenvalue weighted by Gasteiger charge is 2.08. The molecule has 0 heterocycles. The van der Waals surface area contributed by atoms with Crippen LogP contribution in [0.25, 0.3) is 0 Å². The summed E-state index contributed by atoms with van der Waals surface area (Å²) in [5.41, 5.74) is 0. The lowest BCUT2D eigenvalue weighted by Gasteiger charge is -2.23. The third-order valence-corrected chi connectivity index (χ3v) is 3.14. The molecule has 0 aromatic heterocycles. The molecule has 0 bridgehead atoms. The van der Waals surface area contributed by atoms with Crippen molar-refractivity contribution in [3.63, 3.8) is 0 Å². The summed E-state index contributed by atoms with van der Waals surface area (Å²) in [5.74, 6) is 0. The number of hydrogen-bond acceptors (Lipinski definition) is 2. The van der Waals surface area contributed by atoms with Gasteiger partial charge in [-0.15, -0.1) is 6.58 Å². The topological polar surface area (TPSA) is 15.3 Å². The van der Waals surface area contributed by atoms with Crippen molar-refractivity contribution in [2.24, 2.45) is 0 Å². The second-order valence-corrected chi connectivity index (χ2v) is 4.29. The maximum absolute atomic E-state index is 3.78. The predicted octanol–water partition coefficient (Wildman–Crippen LogP) is 3.05. The lowest BCUT2D eigenvalue weighted by atomic mass is 10.1. The Hall–Kier alpha value is -0.340. The van der Waals surface area contributed by atoms with E-state index in [0.29, 0.717) is 6.04 Å². The Morgan fingerprint density at radius 1 is 1.19 bits per heavy atom. The molecule has 96 valence electrons. The van der Waals surface area contributed by atoms with Crippen LogP contribution in [0.2, 0.25) is 0 Å². The van der Waals surface area contributed by atoms with E-state index < -0.39 is 0 Å². The summed E-state index contributed by atoms with van der Waals surface area (Å²) >= 11 is 0. The molecule has 1 unspecified atom stereocenters. The first kappa shape index (κ1) is 15.7. The van der Waals surface area contributed by atoms with Crippen molar-refractivity contribution in [2.75, 3.05) is 26.2 Å². The van der Waals surface area contributed by atoms with Crippen molar-refractivity contribution in [1.29, 1.82) is 0 Å². The first-order chi connectivity index (χ1) is 7.78. The van der Waals surface area contributed by atoms with Crippen LogP contribution in [0.5, 0.6) is 0 Å². The third-order valence-electron chi connectivity index (χ3n) is 3.14. The molecule has 0 aliphatic carbocycles. The van der Waals surface area contributed by atoms with Crippen molar-refractivity contribution >= 4 is 0 Å². The van der Waals surface area contributed by atoms with E-state index >= 15 is 0 Å². The molecule has 0 spiro atoms. The summed E-state index contributed by atoms with van der Waals surface area (Å²) in [5, 5.41) is 3.58. The van der Waals surface area contributed by atoms with Crippen LogP contribution in [-0.2, 0) is 0 Å². The van der Waals surface area contributed by atoms with Crippen molar-refractivity contribution in [1.82, 2.24) is 10.2 Å². The molecule has 0 amide bonds. The molecule has 0 aliphatic heterocycles. The number of nitrogens with one attached hydrogen (secondary N) is 1. The maximum Gasteiger partial charge on any atom is 0.00792 e. The molecule has 0 radical (unpaired) electrons. The van der Waals surface area contributed by atoms with Crippen molar-refractivity contribution in [3.8, 4) is 0 Å². The molecule has 0 aliphatic rings. The summed E-state index contributed by atoms with van der Waals surface area (Å²) < 4.78 is 0. The molecule has 16 heavy (non-hydrogen) atoms. The van der Waals surface area contributed by atoms with E-state index in [9.17, 15) is 0 Å². The summed E-state index contributed by atoms with van der Waals surface area (Å²) in [6, 6.07) is 0.686. The standard InChI is InChI=1S/C14H30N2/c1-5-9-10-11-14(15-6-2)12-13-16(7-3)8-4/h5,14-15H,1,6-13H2,2-4H3. The molecule has 0 aromatic rings. The van der Waals surface area contributed by atoms with Gasteiger partial charge in [-0.25, -0.2) is 0 Å². The van der Waals surface area contributed by atoms with E-state index in [1.807, 2.05) is 6.08 Å². The van der Waals surface area contributed by atoms with E-state index in [2.05, 4.69) is 37.6 Å². The van der Waals surface area contributed by atoms with E-state index in [0.717, 1.165) is 13.0 Å². The number of rotatable bonds is 11. The first-order valence-corrected chi connectivity index (χ1v) is 6.85. The van der Waals surface area contributed by atoms with Crippen LogP contribution in [0, 0.1) is 0 Å². The van der Waals surface area contributed by atoms with E-state index in [4.69, 9.17) is 0 Å². The van der Waals surface area contributed by atoms with E-state index in [1.165, 1.54) is 38.9 Å². The highest BCUT2D eigenvalue weighted by atomic mass is 15.1. The van der Waals surface area contributed by atoms with Gasteiger partial charge in [0.15, 0.2) is 0 Å². The van der Waals surface area contributed by atoms with Crippen LogP contribution in [0.4, 0.5) is 0 Å². The molecule has 0 rings (SSSR count). The fraction of sp³-hybridized carbons (Fsp3) is 0.857. The lowest BCUT2D eigenvalue weighted by Crippen LogP contribution is -2.34. The van der Waals surface area contributed by atoms with Gasteiger partial charge in [-0.2, -0.15) is 0 Å². The van der Waals surface area contributed by atoms with Gasteiger partial charge in [-0.1, -0.05) is 26.8 Å². The summed E-state index contributed by atoms with van der Waals surface area (Å²) in [4.78, 5) is 2.50. The minimum Gasteiger partial charge on any atom is -0.314 e. The molecule has 2 heteroatoms. The molecule has 0 fully saturated rings. The predicted molar refractivity (Wildman–Crippen MR) is 73.9 cm³/mol. The number of unbranched alkanes of at least 4 members (excludes halogenated alkanes) is 1. The van der Waals surface area contributed by atoms with E-state index in [1.54, 1.807) is 0 Å². The zero-order valence-electron chi connectivity index (χ0n) is 11.5. The Balaban J connectivity index is 3.77. The Bertz CT molecular complexity index is 153. The zero-order valence-corrected chi connectivity index (χ0v) is 11.5. The second kappa shape index (κ2) is 11.2. The molecule has 1 atom stereocenters. The van der Waals surface area contributed by atoms with Crippen molar-refractivity contribution in [3.05, 3.63) is 12.7 Å². The normalized spacial score (nSPS) is 13.0. The van der Waals surface area contributed by atoms with Gasteiger partial charge in [0.2, 0.25) is 0 Å². The third kappa shape index (κ3) is 7.89. The van der Waals surface area contributed by atoms with Gasteiger partial charge in [0.05, 0.1) is 0 Å². The van der Waals surface area contributed by atoms with Crippen LogP contribution in [0.3, 0.4) is 0 Å². The Morgan fingerprint density at radius 2 is 1.88 bits per heavy atom. The van der Waals surface area contributed by atoms with Gasteiger partial charge in [0.1, 0.15) is 0 Å². The van der Waals surface area contributed by atoms with Gasteiger partial charge >= 0.3 is 0 Å². The zero-order chi connectivity index (χ0) is 12.2. The molecule has 2 nitrogen and oxygen atoms in total. The summed E-state index contributed by atoms with van der Waals surface area (Å²) in [6.07, 6.45) is 6.98. The molecular formula is C14H30N2. The van der Waals surface area contributed by atoms with Crippen molar-refractivity contribution in [2.45, 2.75) is 52.5 Å². The minimum absolute atomic E-state index is 0.686. The van der Waals surface area contributed by atoms with Gasteiger partial charge < -0.3 is 10.2 Å². The highest BCUT2D eigenvalue weighted by molar-refractivity contribution is 4.72. The smallest absolute Gasteiger partial charge is 0.00792 e. The van der Waals surface area contributed by atoms with Crippen LogP contribution >= 0.6 is 0 Å². The molecule has 0 saturated carbocycles. The lowest BCUT2D eigenvalue weighted by molar-refractivity contribution is 0.277. The highest BCUT2D eigenvalue weighted by Crippen LogP contribution is 2.06. The average molecular weight is 226 g/mol. The number of allylic oxidation sites excluding steroid dienone is 1. The van der Waals surface area contributed by atoms with Crippen molar-refractivity contribution < 1.29 is 0 Å². The second-order valence-electron chi connectivity index (χ2n) is 4.29. The van der Waals surface area contributed by atoms with Crippen LogP contribution in [-0.4, -0.2) is 37.1 Å². The maximum atomic E-state index is 3.78. The monoisotopic (exact) mass is 226 g/mol. The van der Waals surface area contributed by atoms with Crippen LogP contribution in [0.15, 0.2) is 12.7 Å². The fourth-order valence-electron chi connectivity index (χ4n) is 2.02. The van der Waals surface area contributed by atoms with E-state index in [-0.39, 0.29) is 0 Å². The number of nitrogens with zero attached hydrogens (tertiary/aromatic N) is 1. The van der Waals surface area contributed by atoms with Gasteiger partial charge in [-0.3, -0.25) is 0 Å². The molecule has 1 N–H and O–H groups in total. The Morgan fingerprint density at radius 3 is 2.38 bits per heavy atom. The van der Waals surface area contributed by atoms with Crippen LogP contribution in [0.1, 0.15) is 46.5 Å². The summed E-state index contributed by atoms with van der Waals surface area (Å²) in [7, 11) is 0. The Kier molecular flexibility index (Phi) is 10.9. The quantitative estimate of drug-likeness (QED) is 0.430. The molecule has 0 aromatic carbocycles. The summed E-state index contributed by atoms with van der Waals surface area (Å²) in [6.45, 7) is 15.1. The average Bonchev–Trinajstić information content (AvgIpc) is 2.30. The van der Waals surface area contributed by atoms with Crippen LogP contribution < -0.4 is 5.32 Å². The van der Waals surface area contributed by atoms with Gasteiger partial charge in [0, 0.05) is 6.04 Å². The largest absolute Gasteiger partial charge is 0.314 e. The minimum atomic E-state index is 0.686. The number of hydrogen-bond donors (Lipinski definition) is 1.